The van der Waals surface area contributed by atoms with Gasteiger partial charge < -0.3 is 5.32 Å². The van der Waals surface area contributed by atoms with E-state index in [1.165, 1.54) is 31.0 Å². The number of hydrogen-bond acceptors (Lipinski definition) is 3. The highest BCUT2D eigenvalue weighted by molar-refractivity contribution is 7.92. The van der Waals surface area contributed by atoms with E-state index in [9.17, 15) is 13.2 Å². The number of anilines is 1. The second kappa shape index (κ2) is 7.72. The Morgan fingerprint density at radius 2 is 1.78 bits per heavy atom. The van der Waals surface area contributed by atoms with Crippen molar-refractivity contribution in [1.82, 2.24) is 5.32 Å². The lowest BCUT2D eigenvalue weighted by atomic mass is 9.89. The standard InChI is InChI=1S/C21H26N2O3S/c1-15(17-12-11-16-7-4-5-8-18(16)13-17)22-21(24)19-9-6-10-20(14-19)23(2)27(3,25)26/h6,9-15H,4-5,7-8H2,1-3H3,(H,22,24)/t15-/m0/s1. The zero-order chi connectivity index (χ0) is 19.6. The van der Waals surface area contributed by atoms with Gasteiger partial charge in [-0.1, -0.05) is 24.3 Å². The van der Waals surface area contributed by atoms with Crippen LogP contribution >= 0.6 is 0 Å². The number of fused-ring (bicyclic) bond motifs is 1. The number of sulfonamides is 1. The van der Waals surface area contributed by atoms with Gasteiger partial charge in [0.1, 0.15) is 0 Å². The summed E-state index contributed by atoms with van der Waals surface area (Å²) < 4.78 is 24.6. The third kappa shape index (κ3) is 4.50. The van der Waals surface area contributed by atoms with Gasteiger partial charge in [-0.05, 0) is 67.5 Å². The average Bonchev–Trinajstić information content (AvgIpc) is 2.66. The molecular formula is C21H26N2O3S. The molecular weight excluding hydrogens is 360 g/mol. The number of amides is 1. The maximum absolute atomic E-state index is 12.7. The Morgan fingerprint density at radius 1 is 1.07 bits per heavy atom. The van der Waals surface area contributed by atoms with Crippen LogP contribution < -0.4 is 9.62 Å². The van der Waals surface area contributed by atoms with E-state index < -0.39 is 10.0 Å². The first kappa shape index (κ1) is 19.4. The smallest absolute Gasteiger partial charge is 0.251 e. The largest absolute Gasteiger partial charge is 0.346 e. The summed E-state index contributed by atoms with van der Waals surface area (Å²) >= 11 is 0. The molecule has 0 saturated carbocycles. The van der Waals surface area contributed by atoms with E-state index in [-0.39, 0.29) is 11.9 Å². The predicted molar refractivity (Wildman–Crippen MR) is 109 cm³/mol. The minimum absolute atomic E-state index is 0.124. The Morgan fingerprint density at radius 3 is 2.48 bits per heavy atom. The number of benzene rings is 2. The minimum Gasteiger partial charge on any atom is -0.346 e. The Labute approximate surface area is 161 Å². The van der Waals surface area contributed by atoms with Crippen LogP contribution in [0.3, 0.4) is 0 Å². The summed E-state index contributed by atoms with van der Waals surface area (Å²) in [6.07, 6.45) is 5.84. The maximum Gasteiger partial charge on any atom is 0.251 e. The van der Waals surface area contributed by atoms with Crippen molar-refractivity contribution in [3.8, 4) is 0 Å². The number of nitrogens with one attached hydrogen (secondary N) is 1. The normalized spacial score (nSPS) is 14.9. The van der Waals surface area contributed by atoms with Crippen LogP contribution in [0.15, 0.2) is 42.5 Å². The molecule has 1 N–H and O–H groups in total. The van der Waals surface area contributed by atoms with Crippen LogP contribution in [0, 0.1) is 0 Å². The van der Waals surface area contributed by atoms with E-state index in [2.05, 4.69) is 23.5 Å². The Balaban J connectivity index is 1.75. The second-order valence-electron chi connectivity index (χ2n) is 7.21. The van der Waals surface area contributed by atoms with Crippen LogP contribution in [0.1, 0.15) is 52.9 Å². The molecule has 1 aliphatic carbocycles. The van der Waals surface area contributed by atoms with Crippen LogP contribution in [-0.4, -0.2) is 27.6 Å². The van der Waals surface area contributed by atoms with E-state index in [4.69, 9.17) is 0 Å². The summed E-state index contributed by atoms with van der Waals surface area (Å²) in [6, 6.07) is 13.0. The van der Waals surface area contributed by atoms with Crippen molar-refractivity contribution >= 4 is 21.6 Å². The highest BCUT2D eigenvalue weighted by Gasteiger charge is 2.17. The van der Waals surface area contributed by atoms with E-state index in [1.54, 1.807) is 24.3 Å². The van der Waals surface area contributed by atoms with Gasteiger partial charge >= 0.3 is 0 Å². The minimum atomic E-state index is -3.37. The quantitative estimate of drug-likeness (QED) is 0.856. The van der Waals surface area contributed by atoms with Gasteiger partial charge in [0.05, 0.1) is 18.0 Å². The zero-order valence-electron chi connectivity index (χ0n) is 16.0. The highest BCUT2D eigenvalue weighted by atomic mass is 32.2. The first-order valence-corrected chi connectivity index (χ1v) is 11.1. The molecule has 1 amide bonds. The van der Waals surface area contributed by atoms with Gasteiger partial charge in [-0.15, -0.1) is 0 Å². The number of carbonyl (C=O) groups excluding carboxylic acids is 1. The van der Waals surface area contributed by atoms with E-state index in [0.29, 0.717) is 11.3 Å². The topological polar surface area (TPSA) is 66.5 Å². The summed E-state index contributed by atoms with van der Waals surface area (Å²) in [7, 11) is -1.90. The van der Waals surface area contributed by atoms with Gasteiger partial charge in [-0.3, -0.25) is 9.10 Å². The van der Waals surface area contributed by atoms with Crippen LogP contribution in [0.25, 0.3) is 0 Å². The molecule has 1 atom stereocenters. The Bertz CT molecular complexity index is 954. The molecule has 0 spiro atoms. The predicted octanol–water partition coefficient (Wildman–Crippen LogP) is 3.45. The van der Waals surface area contributed by atoms with Crippen LogP contribution in [0.2, 0.25) is 0 Å². The lowest BCUT2D eigenvalue weighted by molar-refractivity contribution is 0.0940. The fraction of sp³-hybridized carbons (Fsp3) is 0.381. The third-order valence-electron chi connectivity index (χ3n) is 5.19. The van der Waals surface area contributed by atoms with Crippen molar-refractivity contribution in [3.05, 3.63) is 64.7 Å². The molecule has 2 aromatic rings. The number of nitrogens with zero attached hydrogens (tertiary/aromatic N) is 1. The molecule has 0 radical (unpaired) electrons. The molecule has 0 aliphatic heterocycles. The fourth-order valence-electron chi connectivity index (χ4n) is 3.42. The molecule has 5 nitrogen and oxygen atoms in total. The molecule has 2 aromatic carbocycles. The Kier molecular flexibility index (Phi) is 5.56. The SMILES string of the molecule is C[C@H](NC(=O)c1cccc(N(C)S(C)(=O)=O)c1)c1ccc2c(c1)CCCC2. The fourth-order valence-corrected chi connectivity index (χ4v) is 3.92. The van der Waals surface area contributed by atoms with E-state index >= 15 is 0 Å². The van der Waals surface area contributed by atoms with Gasteiger partial charge in [-0.2, -0.15) is 0 Å². The molecule has 0 saturated heterocycles. The van der Waals surface area contributed by atoms with Crippen molar-refractivity contribution in [2.24, 2.45) is 0 Å². The first-order valence-electron chi connectivity index (χ1n) is 9.22. The first-order chi connectivity index (χ1) is 12.8. The number of hydrogen-bond donors (Lipinski definition) is 1. The molecule has 0 bridgehead atoms. The van der Waals surface area contributed by atoms with Gasteiger partial charge in [0.15, 0.2) is 0 Å². The summed E-state index contributed by atoms with van der Waals surface area (Å²) in [5, 5.41) is 3.02. The molecule has 0 fully saturated rings. The zero-order valence-corrected chi connectivity index (χ0v) is 16.8. The maximum atomic E-state index is 12.7. The average molecular weight is 387 g/mol. The van der Waals surface area contributed by atoms with Crippen molar-refractivity contribution < 1.29 is 13.2 Å². The van der Waals surface area contributed by atoms with Gasteiger partial charge in [0.25, 0.3) is 5.91 Å². The molecule has 144 valence electrons. The van der Waals surface area contributed by atoms with Crippen molar-refractivity contribution in [2.45, 2.75) is 38.6 Å². The lowest BCUT2D eigenvalue weighted by Crippen LogP contribution is -2.28. The van der Waals surface area contributed by atoms with Gasteiger partial charge in [0.2, 0.25) is 10.0 Å². The monoisotopic (exact) mass is 386 g/mol. The summed E-state index contributed by atoms with van der Waals surface area (Å²) in [5.41, 5.74) is 4.80. The van der Waals surface area contributed by atoms with Gasteiger partial charge in [0, 0.05) is 12.6 Å². The van der Waals surface area contributed by atoms with Crippen LogP contribution in [0.5, 0.6) is 0 Å². The molecule has 0 heterocycles. The highest BCUT2D eigenvalue weighted by Crippen LogP contribution is 2.25. The van der Waals surface area contributed by atoms with E-state index in [1.807, 2.05) is 6.92 Å². The van der Waals surface area contributed by atoms with Crippen molar-refractivity contribution in [1.29, 1.82) is 0 Å². The summed E-state index contributed by atoms with van der Waals surface area (Å²) in [4.78, 5) is 12.7. The molecule has 3 rings (SSSR count). The lowest BCUT2D eigenvalue weighted by Gasteiger charge is -2.20. The molecule has 0 unspecified atom stereocenters. The molecule has 27 heavy (non-hydrogen) atoms. The number of carbonyl (C=O) groups is 1. The molecule has 6 heteroatoms. The van der Waals surface area contributed by atoms with E-state index in [0.717, 1.165) is 29.0 Å². The summed E-state index contributed by atoms with van der Waals surface area (Å²) in [5.74, 6) is -0.219. The van der Waals surface area contributed by atoms with Crippen molar-refractivity contribution in [3.63, 3.8) is 0 Å². The van der Waals surface area contributed by atoms with Gasteiger partial charge in [-0.25, -0.2) is 8.42 Å². The van der Waals surface area contributed by atoms with Crippen LogP contribution in [-0.2, 0) is 22.9 Å². The Hall–Kier alpha value is -2.34. The number of aryl methyl sites for hydroxylation is 2. The van der Waals surface area contributed by atoms with Crippen LogP contribution in [0.4, 0.5) is 5.69 Å². The second-order valence-corrected chi connectivity index (χ2v) is 9.22. The summed E-state index contributed by atoms with van der Waals surface area (Å²) in [6.45, 7) is 1.97. The van der Waals surface area contributed by atoms with Crippen molar-refractivity contribution in [2.75, 3.05) is 17.6 Å². The molecule has 0 aromatic heterocycles. The molecule has 1 aliphatic rings. The number of rotatable bonds is 5. The third-order valence-corrected chi connectivity index (χ3v) is 6.40.